The van der Waals surface area contributed by atoms with E-state index in [0.717, 1.165) is 16.9 Å². The predicted molar refractivity (Wildman–Crippen MR) is 123 cm³/mol. The van der Waals surface area contributed by atoms with Crippen LogP contribution in [0.15, 0.2) is 77.7 Å². The van der Waals surface area contributed by atoms with Crippen molar-refractivity contribution in [2.75, 3.05) is 16.6 Å². The lowest BCUT2D eigenvalue weighted by molar-refractivity contribution is -0.116. The van der Waals surface area contributed by atoms with Gasteiger partial charge in [0, 0.05) is 12.1 Å². The summed E-state index contributed by atoms with van der Waals surface area (Å²) in [6.07, 6.45) is 0.883. The molecule has 0 heterocycles. The Morgan fingerprint density at radius 1 is 0.935 bits per heavy atom. The van der Waals surface area contributed by atoms with Crippen LogP contribution in [-0.4, -0.2) is 20.9 Å². The van der Waals surface area contributed by atoms with E-state index in [4.69, 9.17) is 4.74 Å². The summed E-state index contributed by atoms with van der Waals surface area (Å²) in [4.78, 5) is 12.2. The highest BCUT2D eigenvalue weighted by Gasteiger charge is 2.15. The number of aryl methyl sites for hydroxylation is 2. The van der Waals surface area contributed by atoms with Gasteiger partial charge in [-0.3, -0.25) is 9.52 Å². The number of amides is 1. The molecule has 31 heavy (non-hydrogen) atoms. The van der Waals surface area contributed by atoms with E-state index in [1.165, 1.54) is 12.1 Å². The fraction of sp³-hybridized carbons (Fsp3) is 0.208. The molecule has 0 aliphatic carbocycles. The molecule has 0 saturated carbocycles. The lowest BCUT2D eigenvalue weighted by atomic mass is 10.1. The van der Waals surface area contributed by atoms with Gasteiger partial charge in [0.25, 0.3) is 10.0 Å². The van der Waals surface area contributed by atoms with Gasteiger partial charge < -0.3 is 10.1 Å². The third-order valence-corrected chi connectivity index (χ3v) is 6.03. The normalized spacial score (nSPS) is 11.0. The summed E-state index contributed by atoms with van der Waals surface area (Å²) in [5, 5.41) is 2.78. The number of nitrogens with one attached hydrogen (secondary N) is 2. The first kappa shape index (κ1) is 22.4. The van der Waals surface area contributed by atoms with Crippen LogP contribution in [0.5, 0.6) is 5.75 Å². The number of benzene rings is 3. The molecule has 3 aromatic rings. The number of para-hydroxylation sites is 1. The zero-order chi connectivity index (χ0) is 22.3. The van der Waals surface area contributed by atoms with Gasteiger partial charge in [0.2, 0.25) is 5.91 Å². The molecule has 0 aromatic heterocycles. The topological polar surface area (TPSA) is 84.5 Å². The van der Waals surface area contributed by atoms with Crippen LogP contribution in [0.4, 0.5) is 11.4 Å². The number of carbonyl (C=O) groups is 1. The summed E-state index contributed by atoms with van der Waals surface area (Å²) in [6, 6.07) is 21.1. The summed E-state index contributed by atoms with van der Waals surface area (Å²) in [7, 11) is -3.72. The Bertz CT molecular complexity index is 1130. The summed E-state index contributed by atoms with van der Waals surface area (Å²) in [5.41, 5.74) is 2.90. The second-order valence-corrected chi connectivity index (χ2v) is 8.94. The Balaban J connectivity index is 1.52. The van der Waals surface area contributed by atoms with Crippen molar-refractivity contribution in [2.24, 2.45) is 0 Å². The lowest BCUT2D eigenvalue weighted by Crippen LogP contribution is -2.15. The highest BCUT2D eigenvalue weighted by molar-refractivity contribution is 7.92. The molecule has 1 amide bonds. The van der Waals surface area contributed by atoms with Crippen molar-refractivity contribution in [3.8, 4) is 5.75 Å². The Kier molecular flexibility index (Phi) is 7.31. The van der Waals surface area contributed by atoms with Gasteiger partial charge in [0.1, 0.15) is 5.75 Å². The molecule has 0 spiro atoms. The molecule has 0 fully saturated rings. The van der Waals surface area contributed by atoms with E-state index in [0.29, 0.717) is 30.8 Å². The molecule has 0 atom stereocenters. The van der Waals surface area contributed by atoms with Gasteiger partial charge in [-0.1, -0.05) is 30.3 Å². The van der Waals surface area contributed by atoms with Gasteiger partial charge in [-0.2, -0.15) is 0 Å². The molecule has 3 aromatic carbocycles. The molecule has 0 saturated heterocycles. The van der Waals surface area contributed by atoms with Crippen molar-refractivity contribution in [3.63, 3.8) is 0 Å². The number of sulfonamides is 1. The Morgan fingerprint density at radius 3 is 2.35 bits per heavy atom. The minimum atomic E-state index is -3.72. The van der Waals surface area contributed by atoms with E-state index in [2.05, 4.69) is 10.0 Å². The van der Waals surface area contributed by atoms with E-state index >= 15 is 0 Å². The Hall–Kier alpha value is -3.32. The summed E-state index contributed by atoms with van der Waals surface area (Å²) >= 11 is 0. The van der Waals surface area contributed by atoms with Crippen molar-refractivity contribution in [2.45, 2.75) is 31.6 Å². The van der Waals surface area contributed by atoms with Crippen molar-refractivity contribution in [1.29, 1.82) is 0 Å². The number of hydrogen-bond acceptors (Lipinski definition) is 4. The van der Waals surface area contributed by atoms with Crippen LogP contribution in [-0.2, 0) is 14.8 Å². The quantitative estimate of drug-likeness (QED) is 0.465. The molecule has 0 unspecified atom stereocenters. The number of ether oxygens (including phenoxy) is 1. The van der Waals surface area contributed by atoms with E-state index < -0.39 is 10.0 Å². The second kappa shape index (κ2) is 10.1. The fourth-order valence-electron chi connectivity index (χ4n) is 2.93. The van der Waals surface area contributed by atoms with E-state index in [1.807, 2.05) is 56.3 Å². The van der Waals surface area contributed by atoms with Crippen LogP contribution >= 0.6 is 0 Å². The first-order valence-electron chi connectivity index (χ1n) is 10.0. The first-order chi connectivity index (χ1) is 14.8. The smallest absolute Gasteiger partial charge is 0.261 e. The zero-order valence-electron chi connectivity index (χ0n) is 17.6. The SMILES string of the molecule is Cc1ccc(C)c(NS(=O)(=O)c2ccc(NC(=O)CCCOc3ccccc3)cc2)c1. The van der Waals surface area contributed by atoms with E-state index in [1.54, 1.807) is 18.2 Å². The molecule has 0 bridgehead atoms. The molecule has 2 N–H and O–H groups in total. The van der Waals surface area contributed by atoms with Crippen LogP contribution < -0.4 is 14.8 Å². The van der Waals surface area contributed by atoms with Crippen molar-refractivity contribution < 1.29 is 17.9 Å². The minimum absolute atomic E-state index is 0.127. The van der Waals surface area contributed by atoms with Gasteiger partial charge in [-0.15, -0.1) is 0 Å². The van der Waals surface area contributed by atoms with Crippen LogP contribution in [0.2, 0.25) is 0 Å². The van der Waals surface area contributed by atoms with Gasteiger partial charge >= 0.3 is 0 Å². The zero-order valence-corrected chi connectivity index (χ0v) is 18.4. The Morgan fingerprint density at radius 2 is 1.65 bits per heavy atom. The van der Waals surface area contributed by atoms with Crippen LogP contribution in [0.1, 0.15) is 24.0 Å². The summed E-state index contributed by atoms with van der Waals surface area (Å²) < 4.78 is 33.5. The van der Waals surface area contributed by atoms with Crippen molar-refractivity contribution >= 4 is 27.3 Å². The highest BCUT2D eigenvalue weighted by Crippen LogP contribution is 2.22. The molecule has 3 rings (SSSR count). The maximum Gasteiger partial charge on any atom is 0.261 e. The van der Waals surface area contributed by atoms with Gasteiger partial charge in [0.05, 0.1) is 17.2 Å². The van der Waals surface area contributed by atoms with Gasteiger partial charge in [0.15, 0.2) is 0 Å². The number of rotatable bonds is 9. The minimum Gasteiger partial charge on any atom is -0.494 e. The molecular weight excluding hydrogens is 412 g/mol. The molecule has 7 heteroatoms. The molecule has 0 aliphatic rings. The predicted octanol–water partition coefficient (Wildman–Crippen LogP) is 4.90. The molecule has 0 radical (unpaired) electrons. The number of carbonyl (C=O) groups excluding carboxylic acids is 1. The van der Waals surface area contributed by atoms with Crippen molar-refractivity contribution in [1.82, 2.24) is 0 Å². The molecular formula is C24H26N2O4S. The average molecular weight is 439 g/mol. The monoisotopic (exact) mass is 438 g/mol. The first-order valence-corrected chi connectivity index (χ1v) is 11.5. The standard InChI is InChI=1S/C24H26N2O4S/c1-18-10-11-19(2)23(17-18)26-31(28,29)22-14-12-20(13-15-22)25-24(27)9-6-16-30-21-7-4-3-5-8-21/h3-5,7-8,10-15,17,26H,6,9,16H2,1-2H3,(H,25,27). The molecule has 6 nitrogen and oxygen atoms in total. The highest BCUT2D eigenvalue weighted by atomic mass is 32.2. The van der Waals surface area contributed by atoms with Crippen molar-refractivity contribution in [3.05, 3.63) is 83.9 Å². The van der Waals surface area contributed by atoms with Crippen LogP contribution in [0.25, 0.3) is 0 Å². The summed E-state index contributed by atoms with van der Waals surface area (Å²) in [6.45, 7) is 4.20. The fourth-order valence-corrected chi connectivity index (χ4v) is 4.05. The van der Waals surface area contributed by atoms with Crippen LogP contribution in [0.3, 0.4) is 0 Å². The molecule has 162 valence electrons. The largest absolute Gasteiger partial charge is 0.494 e. The average Bonchev–Trinajstić information content (AvgIpc) is 2.75. The second-order valence-electron chi connectivity index (χ2n) is 7.26. The van der Waals surface area contributed by atoms with Gasteiger partial charge in [-0.25, -0.2) is 8.42 Å². The number of hydrogen-bond donors (Lipinski definition) is 2. The summed E-state index contributed by atoms with van der Waals surface area (Å²) in [5.74, 6) is 0.620. The maximum absolute atomic E-state index is 12.7. The van der Waals surface area contributed by atoms with E-state index in [-0.39, 0.29) is 10.8 Å². The lowest BCUT2D eigenvalue weighted by Gasteiger charge is -2.12. The Labute approximate surface area is 183 Å². The van der Waals surface area contributed by atoms with Crippen LogP contribution in [0, 0.1) is 13.8 Å². The maximum atomic E-state index is 12.7. The molecule has 0 aliphatic heterocycles. The third kappa shape index (κ3) is 6.58. The van der Waals surface area contributed by atoms with E-state index in [9.17, 15) is 13.2 Å². The van der Waals surface area contributed by atoms with Gasteiger partial charge in [-0.05, 0) is 73.9 Å². The third-order valence-electron chi connectivity index (χ3n) is 4.65. The number of anilines is 2.